The number of hydrogen-bond donors (Lipinski definition) is 1. The highest BCUT2D eigenvalue weighted by atomic mass is 79.9. The number of benzene rings is 1. The van der Waals surface area contributed by atoms with Gasteiger partial charge in [0.1, 0.15) is 0 Å². The highest BCUT2D eigenvalue weighted by Gasteiger charge is 2.31. The molecule has 1 aromatic carbocycles. The van der Waals surface area contributed by atoms with Crippen molar-refractivity contribution in [3.05, 3.63) is 30.3 Å². The predicted octanol–water partition coefficient (Wildman–Crippen LogP) is 2.90. The first-order valence-electron chi connectivity index (χ1n) is 5.20. The predicted molar refractivity (Wildman–Crippen MR) is 77.4 cm³/mol. The molecule has 0 atom stereocenters. The Labute approximate surface area is 119 Å². The Balaban J connectivity index is 3.01. The summed E-state index contributed by atoms with van der Waals surface area (Å²) in [4.78, 5) is 0.291. The van der Waals surface area contributed by atoms with Crippen molar-refractivity contribution in [2.75, 3.05) is 10.7 Å². The van der Waals surface area contributed by atoms with Crippen LogP contribution in [-0.2, 0) is 10.0 Å². The first-order valence-corrected chi connectivity index (χ1v) is 8.93. The number of halogens is 2. The Morgan fingerprint density at radius 1 is 1.18 bits per heavy atom. The van der Waals surface area contributed by atoms with Gasteiger partial charge in [0.15, 0.2) is 0 Å². The third-order valence-electron chi connectivity index (χ3n) is 2.59. The van der Waals surface area contributed by atoms with Crippen LogP contribution in [0.3, 0.4) is 0 Å². The van der Waals surface area contributed by atoms with Crippen LogP contribution in [0.15, 0.2) is 35.2 Å². The third kappa shape index (κ3) is 3.77. The van der Waals surface area contributed by atoms with Gasteiger partial charge in [-0.1, -0.05) is 57.0 Å². The van der Waals surface area contributed by atoms with E-state index in [1.807, 2.05) is 6.92 Å². The summed E-state index contributed by atoms with van der Waals surface area (Å²) in [5.74, 6) is 0. The molecule has 0 unspecified atom stereocenters. The Bertz CT molecular complexity index is 436. The average molecular weight is 385 g/mol. The van der Waals surface area contributed by atoms with Crippen molar-refractivity contribution in [2.45, 2.75) is 23.8 Å². The Kier molecular flexibility index (Phi) is 5.63. The monoisotopic (exact) mass is 383 g/mol. The summed E-state index contributed by atoms with van der Waals surface area (Å²) < 4.78 is 27.1. The van der Waals surface area contributed by atoms with Crippen molar-refractivity contribution in [1.82, 2.24) is 4.72 Å². The van der Waals surface area contributed by atoms with Crippen molar-refractivity contribution in [1.29, 1.82) is 0 Å². The zero-order valence-corrected chi connectivity index (χ0v) is 13.5. The molecular formula is C11H15Br2NO2S. The number of alkyl halides is 2. The van der Waals surface area contributed by atoms with Crippen LogP contribution in [0.4, 0.5) is 0 Å². The minimum absolute atomic E-state index is 0.291. The molecule has 0 saturated heterocycles. The van der Waals surface area contributed by atoms with Gasteiger partial charge in [-0.2, -0.15) is 0 Å². The largest absolute Gasteiger partial charge is 0.241 e. The lowest BCUT2D eigenvalue weighted by Gasteiger charge is -2.29. The van der Waals surface area contributed by atoms with Gasteiger partial charge >= 0.3 is 0 Å². The summed E-state index contributed by atoms with van der Waals surface area (Å²) in [6, 6.07) is 8.40. The second-order valence-electron chi connectivity index (χ2n) is 3.82. The molecule has 0 aliphatic rings. The number of rotatable bonds is 6. The van der Waals surface area contributed by atoms with E-state index in [0.29, 0.717) is 22.0 Å². The molecule has 1 N–H and O–H groups in total. The zero-order chi connectivity index (χ0) is 12.9. The van der Waals surface area contributed by atoms with E-state index in [0.717, 1.165) is 0 Å². The van der Waals surface area contributed by atoms with Gasteiger partial charge in [-0.05, 0) is 18.6 Å². The lowest BCUT2D eigenvalue weighted by molar-refractivity contribution is 0.459. The molecule has 96 valence electrons. The third-order valence-corrected chi connectivity index (χ3v) is 6.33. The van der Waals surface area contributed by atoms with Gasteiger partial charge in [0.05, 0.1) is 10.4 Å². The van der Waals surface area contributed by atoms with Gasteiger partial charge in [0.25, 0.3) is 0 Å². The standard InChI is InChI=1S/C11H15Br2NO2S/c1-2-11(8-12,9-13)14-17(15,16)10-6-4-3-5-7-10/h3-7,14H,2,8-9H2,1H3. The lowest BCUT2D eigenvalue weighted by atomic mass is 10.0. The van der Waals surface area contributed by atoms with Crippen LogP contribution in [0.1, 0.15) is 13.3 Å². The van der Waals surface area contributed by atoms with E-state index in [2.05, 4.69) is 36.6 Å². The lowest BCUT2D eigenvalue weighted by Crippen LogP contribution is -2.50. The van der Waals surface area contributed by atoms with E-state index >= 15 is 0 Å². The van der Waals surface area contributed by atoms with Crippen molar-refractivity contribution in [3.8, 4) is 0 Å². The van der Waals surface area contributed by atoms with Crippen LogP contribution in [-0.4, -0.2) is 24.6 Å². The molecule has 1 aromatic rings. The summed E-state index contributed by atoms with van der Waals surface area (Å²) in [5.41, 5.74) is -0.491. The van der Waals surface area contributed by atoms with Crippen molar-refractivity contribution >= 4 is 41.9 Å². The highest BCUT2D eigenvalue weighted by Crippen LogP contribution is 2.20. The molecule has 1 rings (SSSR count). The van der Waals surface area contributed by atoms with Crippen LogP contribution in [0.2, 0.25) is 0 Å². The fourth-order valence-corrected chi connectivity index (χ4v) is 5.16. The summed E-state index contributed by atoms with van der Waals surface area (Å²) in [5, 5.41) is 1.13. The van der Waals surface area contributed by atoms with Crippen molar-refractivity contribution in [3.63, 3.8) is 0 Å². The number of nitrogens with one attached hydrogen (secondary N) is 1. The van der Waals surface area contributed by atoms with Crippen molar-refractivity contribution < 1.29 is 8.42 Å². The first kappa shape index (κ1) is 15.1. The summed E-state index contributed by atoms with van der Waals surface area (Å²) in [7, 11) is -3.46. The normalized spacial score (nSPS) is 12.6. The number of sulfonamides is 1. The van der Waals surface area contributed by atoms with Gasteiger partial charge < -0.3 is 0 Å². The van der Waals surface area contributed by atoms with Crippen LogP contribution >= 0.6 is 31.9 Å². The molecule has 0 bridgehead atoms. The SMILES string of the molecule is CCC(CBr)(CBr)NS(=O)(=O)c1ccccc1. The molecule has 17 heavy (non-hydrogen) atoms. The van der Waals surface area contributed by atoms with E-state index < -0.39 is 15.6 Å². The van der Waals surface area contributed by atoms with E-state index in [1.54, 1.807) is 30.3 Å². The molecule has 0 radical (unpaired) electrons. The average Bonchev–Trinajstić information content (AvgIpc) is 2.37. The van der Waals surface area contributed by atoms with Crippen LogP contribution in [0.25, 0.3) is 0 Å². The molecule has 0 saturated carbocycles. The van der Waals surface area contributed by atoms with E-state index in [4.69, 9.17) is 0 Å². The second-order valence-corrected chi connectivity index (χ2v) is 6.62. The number of hydrogen-bond acceptors (Lipinski definition) is 2. The first-order chi connectivity index (χ1) is 7.99. The van der Waals surface area contributed by atoms with Gasteiger partial charge in [0.2, 0.25) is 10.0 Å². The smallest absolute Gasteiger partial charge is 0.207 e. The van der Waals surface area contributed by atoms with E-state index in [-0.39, 0.29) is 0 Å². The molecule has 0 aromatic heterocycles. The highest BCUT2D eigenvalue weighted by molar-refractivity contribution is 9.09. The van der Waals surface area contributed by atoms with Crippen LogP contribution in [0.5, 0.6) is 0 Å². The molecule has 3 nitrogen and oxygen atoms in total. The fraction of sp³-hybridized carbons (Fsp3) is 0.455. The summed E-state index contributed by atoms with van der Waals surface area (Å²) in [6.45, 7) is 1.95. The molecule has 0 spiro atoms. The van der Waals surface area contributed by atoms with Crippen LogP contribution in [0, 0.1) is 0 Å². The van der Waals surface area contributed by atoms with Gasteiger partial charge in [0, 0.05) is 10.7 Å². The molecular weight excluding hydrogens is 370 g/mol. The van der Waals surface area contributed by atoms with Gasteiger partial charge in [-0.15, -0.1) is 0 Å². The molecule has 0 aliphatic carbocycles. The van der Waals surface area contributed by atoms with E-state index in [1.165, 1.54) is 0 Å². The maximum Gasteiger partial charge on any atom is 0.241 e. The minimum Gasteiger partial charge on any atom is -0.207 e. The maximum atomic E-state index is 12.2. The van der Waals surface area contributed by atoms with Crippen LogP contribution < -0.4 is 4.72 Å². The minimum atomic E-state index is -3.46. The van der Waals surface area contributed by atoms with E-state index in [9.17, 15) is 8.42 Å². The topological polar surface area (TPSA) is 46.2 Å². The van der Waals surface area contributed by atoms with Crippen molar-refractivity contribution in [2.24, 2.45) is 0 Å². The molecule has 0 heterocycles. The molecule has 0 aliphatic heterocycles. The van der Waals surface area contributed by atoms with Gasteiger partial charge in [-0.3, -0.25) is 0 Å². The molecule has 6 heteroatoms. The Hall–Kier alpha value is 0.0900. The maximum absolute atomic E-state index is 12.2. The second kappa shape index (κ2) is 6.31. The Morgan fingerprint density at radius 3 is 2.12 bits per heavy atom. The fourth-order valence-electron chi connectivity index (χ4n) is 1.30. The Morgan fingerprint density at radius 2 is 1.71 bits per heavy atom. The summed E-state index contributed by atoms with van der Waals surface area (Å²) >= 11 is 6.72. The quantitative estimate of drug-likeness (QED) is 0.766. The zero-order valence-electron chi connectivity index (χ0n) is 9.49. The molecule has 0 amide bonds. The summed E-state index contributed by atoms with van der Waals surface area (Å²) in [6.07, 6.45) is 0.704. The van der Waals surface area contributed by atoms with Gasteiger partial charge in [-0.25, -0.2) is 13.1 Å². The molecule has 0 fully saturated rings.